The number of carbonyl (C=O) groups is 1. The van der Waals surface area contributed by atoms with Crippen LogP contribution < -0.4 is 0 Å². The van der Waals surface area contributed by atoms with E-state index in [1.807, 2.05) is 0 Å². The molecule has 2 saturated heterocycles. The molecule has 0 spiro atoms. The van der Waals surface area contributed by atoms with Gasteiger partial charge in [-0.1, -0.05) is 0 Å². The highest BCUT2D eigenvalue weighted by atomic mass is 16.5. The molecule has 0 aromatic carbocycles. The van der Waals surface area contributed by atoms with Gasteiger partial charge in [0.05, 0.1) is 13.2 Å². The lowest BCUT2D eigenvalue weighted by Gasteiger charge is -2.31. The van der Waals surface area contributed by atoms with Gasteiger partial charge in [-0.15, -0.1) is 0 Å². The zero-order valence-corrected chi connectivity index (χ0v) is 7.83. The van der Waals surface area contributed by atoms with Crippen LogP contribution in [-0.4, -0.2) is 32.2 Å². The molecule has 2 fully saturated rings. The van der Waals surface area contributed by atoms with Crippen LogP contribution in [0.4, 0.5) is 0 Å². The Morgan fingerprint density at radius 2 is 1.85 bits per heavy atom. The van der Waals surface area contributed by atoms with Crippen molar-refractivity contribution in [1.82, 2.24) is 0 Å². The number of Topliss-reactive ketones (excluding diaryl/α,β-unsaturated/α-hetero) is 1. The Morgan fingerprint density at radius 1 is 1.08 bits per heavy atom. The minimum Gasteiger partial charge on any atom is -0.381 e. The van der Waals surface area contributed by atoms with Crippen LogP contribution in [-0.2, 0) is 14.3 Å². The van der Waals surface area contributed by atoms with Crippen LogP contribution in [0.3, 0.4) is 0 Å². The third kappa shape index (κ3) is 2.09. The summed E-state index contributed by atoms with van der Waals surface area (Å²) in [6, 6.07) is 0. The maximum Gasteiger partial charge on any atom is 0.140 e. The first-order chi connectivity index (χ1) is 6.38. The Hall–Kier alpha value is -0.410. The summed E-state index contributed by atoms with van der Waals surface area (Å²) in [5.74, 6) is 1.08. The van der Waals surface area contributed by atoms with Gasteiger partial charge in [0, 0.05) is 25.6 Å². The van der Waals surface area contributed by atoms with Crippen molar-refractivity contribution < 1.29 is 14.3 Å². The molecule has 0 saturated carbocycles. The summed E-state index contributed by atoms with van der Waals surface area (Å²) in [5.41, 5.74) is 0. The number of hydrogen-bond donors (Lipinski definition) is 0. The molecule has 0 bridgehead atoms. The number of hydrogen-bond acceptors (Lipinski definition) is 3. The van der Waals surface area contributed by atoms with E-state index in [0.29, 0.717) is 31.3 Å². The van der Waals surface area contributed by atoms with Crippen molar-refractivity contribution in [1.29, 1.82) is 0 Å². The smallest absolute Gasteiger partial charge is 0.140 e. The fourth-order valence-electron chi connectivity index (χ4n) is 2.18. The van der Waals surface area contributed by atoms with Crippen LogP contribution in [0.25, 0.3) is 0 Å². The summed E-state index contributed by atoms with van der Waals surface area (Å²) < 4.78 is 10.6. The summed E-state index contributed by atoms with van der Waals surface area (Å²) in [7, 11) is 0. The number of ether oxygens (including phenoxy) is 2. The third-order valence-electron chi connectivity index (χ3n) is 3.04. The van der Waals surface area contributed by atoms with E-state index < -0.39 is 0 Å². The molecule has 0 radical (unpaired) electrons. The van der Waals surface area contributed by atoms with Crippen LogP contribution in [0.5, 0.6) is 0 Å². The van der Waals surface area contributed by atoms with Gasteiger partial charge in [0.1, 0.15) is 5.78 Å². The maximum atomic E-state index is 11.6. The van der Waals surface area contributed by atoms with Crippen molar-refractivity contribution in [2.45, 2.75) is 19.3 Å². The van der Waals surface area contributed by atoms with E-state index in [1.165, 1.54) is 0 Å². The van der Waals surface area contributed by atoms with Crippen LogP contribution in [0.1, 0.15) is 19.3 Å². The van der Waals surface area contributed by atoms with Gasteiger partial charge >= 0.3 is 0 Å². The van der Waals surface area contributed by atoms with Gasteiger partial charge in [-0.3, -0.25) is 4.79 Å². The molecule has 2 rings (SSSR count). The number of ketones is 1. The lowest BCUT2D eigenvalue weighted by molar-refractivity contribution is -0.134. The van der Waals surface area contributed by atoms with Gasteiger partial charge in [0.25, 0.3) is 0 Å². The summed E-state index contributed by atoms with van der Waals surface area (Å²) in [5, 5.41) is 0. The molecule has 74 valence electrons. The average molecular weight is 184 g/mol. The zero-order chi connectivity index (χ0) is 9.10. The van der Waals surface area contributed by atoms with Gasteiger partial charge in [0.2, 0.25) is 0 Å². The Balaban J connectivity index is 1.92. The molecule has 1 unspecified atom stereocenters. The first-order valence-electron chi connectivity index (χ1n) is 5.06. The van der Waals surface area contributed by atoms with Crippen molar-refractivity contribution in [3.05, 3.63) is 0 Å². The van der Waals surface area contributed by atoms with Crippen molar-refractivity contribution in [2.24, 2.45) is 11.8 Å². The predicted octanol–water partition coefficient (Wildman–Crippen LogP) is 1.02. The normalized spacial score (nSPS) is 32.0. The lowest BCUT2D eigenvalue weighted by atomic mass is 9.82. The van der Waals surface area contributed by atoms with Gasteiger partial charge in [-0.2, -0.15) is 0 Å². The quantitative estimate of drug-likeness (QED) is 0.610. The number of carbonyl (C=O) groups excluding carboxylic acids is 1. The molecule has 3 nitrogen and oxygen atoms in total. The Kier molecular flexibility index (Phi) is 2.96. The maximum absolute atomic E-state index is 11.6. The molecule has 1 atom stereocenters. The SMILES string of the molecule is O=C1CCOCC1C1CCOCC1. The fraction of sp³-hybridized carbons (Fsp3) is 0.900. The second kappa shape index (κ2) is 4.20. The lowest BCUT2D eigenvalue weighted by Crippen LogP contribution is -2.36. The molecule has 0 aromatic rings. The third-order valence-corrected chi connectivity index (χ3v) is 3.04. The molecular weight excluding hydrogens is 168 g/mol. The Bertz CT molecular complexity index is 185. The standard InChI is InChI=1S/C10H16O3/c11-10-3-6-13-7-9(10)8-1-4-12-5-2-8/h8-9H,1-7H2. The molecule has 3 heteroatoms. The molecule has 2 aliphatic rings. The van der Waals surface area contributed by atoms with E-state index in [4.69, 9.17) is 9.47 Å². The van der Waals surface area contributed by atoms with E-state index in [1.54, 1.807) is 0 Å². The summed E-state index contributed by atoms with van der Waals surface area (Å²) in [4.78, 5) is 11.6. The minimum absolute atomic E-state index is 0.164. The van der Waals surface area contributed by atoms with Gasteiger partial charge < -0.3 is 9.47 Å². The van der Waals surface area contributed by atoms with Crippen LogP contribution in [0, 0.1) is 11.8 Å². The average Bonchev–Trinajstić information content (AvgIpc) is 2.20. The van der Waals surface area contributed by atoms with Crippen LogP contribution >= 0.6 is 0 Å². The summed E-state index contributed by atoms with van der Waals surface area (Å²) >= 11 is 0. The van der Waals surface area contributed by atoms with Gasteiger partial charge in [0.15, 0.2) is 0 Å². The van der Waals surface area contributed by atoms with Crippen LogP contribution in [0.15, 0.2) is 0 Å². The highest BCUT2D eigenvalue weighted by molar-refractivity contribution is 5.82. The molecule has 0 aromatic heterocycles. The van der Waals surface area contributed by atoms with Crippen molar-refractivity contribution in [3.63, 3.8) is 0 Å². The Labute approximate surface area is 78.4 Å². The van der Waals surface area contributed by atoms with Gasteiger partial charge in [-0.25, -0.2) is 0 Å². The topological polar surface area (TPSA) is 35.5 Å². The van der Waals surface area contributed by atoms with E-state index in [0.717, 1.165) is 26.1 Å². The van der Waals surface area contributed by atoms with E-state index in [-0.39, 0.29) is 5.92 Å². The highest BCUT2D eigenvalue weighted by Crippen LogP contribution is 2.27. The Morgan fingerprint density at radius 3 is 2.54 bits per heavy atom. The summed E-state index contributed by atoms with van der Waals surface area (Å²) in [6.07, 6.45) is 2.67. The first-order valence-corrected chi connectivity index (χ1v) is 5.06. The van der Waals surface area contributed by atoms with Crippen LogP contribution in [0.2, 0.25) is 0 Å². The molecular formula is C10H16O3. The zero-order valence-electron chi connectivity index (χ0n) is 7.83. The largest absolute Gasteiger partial charge is 0.381 e. The highest BCUT2D eigenvalue weighted by Gasteiger charge is 2.31. The molecule has 0 amide bonds. The number of rotatable bonds is 1. The predicted molar refractivity (Wildman–Crippen MR) is 47.5 cm³/mol. The minimum atomic E-state index is 0.164. The van der Waals surface area contributed by atoms with Gasteiger partial charge in [-0.05, 0) is 18.8 Å². The van der Waals surface area contributed by atoms with Crippen molar-refractivity contribution >= 4 is 5.78 Å². The second-order valence-electron chi connectivity index (χ2n) is 3.85. The second-order valence-corrected chi connectivity index (χ2v) is 3.85. The van der Waals surface area contributed by atoms with Crippen molar-refractivity contribution in [2.75, 3.05) is 26.4 Å². The molecule has 0 aliphatic carbocycles. The molecule has 0 N–H and O–H groups in total. The summed E-state index contributed by atoms with van der Waals surface area (Å²) in [6.45, 7) is 2.89. The monoisotopic (exact) mass is 184 g/mol. The van der Waals surface area contributed by atoms with E-state index in [9.17, 15) is 4.79 Å². The van der Waals surface area contributed by atoms with E-state index >= 15 is 0 Å². The first kappa shape index (κ1) is 9.16. The molecule has 13 heavy (non-hydrogen) atoms. The van der Waals surface area contributed by atoms with E-state index in [2.05, 4.69) is 0 Å². The van der Waals surface area contributed by atoms with Crippen molar-refractivity contribution in [3.8, 4) is 0 Å². The fourth-order valence-corrected chi connectivity index (χ4v) is 2.18. The molecule has 2 aliphatic heterocycles. The molecule has 2 heterocycles.